The van der Waals surface area contributed by atoms with E-state index in [0.717, 1.165) is 5.69 Å². The maximum Gasteiger partial charge on any atom is 0.328 e. The van der Waals surface area contributed by atoms with Gasteiger partial charge >= 0.3 is 5.97 Å². The number of carbonyl (C=O) groups is 3. The number of nitrogens with zero attached hydrogens (tertiary/aromatic N) is 1. The van der Waals surface area contributed by atoms with Crippen LogP contribution in [0.2, 0.25) is 0 Å². The van der Waals surface area contributed by atoms with Gasteiger partial charge in [-0.25, -0.2) is 4.79 Å². The topological polar surface area (TPSA) is 77.4 Å². The van der Waals surface area contributed by atoms with Crippen LogP contribution in [0.3, 0.4) is 0 Å². The second kappa shape index (κ2) is 8.42. The molecule has 1 N–H and O–H groups in total. The maximum absolute atomic E-state index is 12.9. The number of fused-ring (bicyclic) bond motifs is 1. The number of ketones is 1. The predicted octanol–water partition coefficient (Wildman–Crippen LogP) is 2.91. The first-order valence-corrected chi connectivity index (χ1v) is 9.70. The van der Waals surface area contributed by atoms with E-state index < -0.39 is 12.0 Å². The summed E-state index contributed by atoms with van der Waals surface area (Å²) in [6.45, 7) is 6.35. The lowest BCUT2D eigenvalue weighted by atomic mass is 10.00. The summed E-state index contributed by atoms with van der Waals surface area (Å²) in [5, 5.41) is 2.84. The molecule has 148 valence electrons. The number of hydrogen-bond donors (Lipinski definition) is 1. The van der Waals surface area contributed by atoms with Gasteiger partial charge in [0.1, 0.15) is 6.04 Å². The van der Waals surface area contributed by atoms with Crippen molar-refractivity contribution in [3.05, 3.63) is 59.4 Å². The average Bonchev–Trinajstić information content (AvgIpc) is 3.28. The molecule has 6 nitrogen and oxygen atoms in total. The second-order valence-electron chi connectivity index (χ2n) is 7.31. The molecule has 0 bridgehead atoms. The molecule has 2 aromatic rings. The Labute approximate surface area is 164 Å². The number of ether oxygens (including phenoxy) is 1. The van der Waals surface area contributed by atoms with Gasteiger partial charge in [0.2, 0.25) is 11.7 Å². The van der Waals surface area contributed by atoms with Crippen molar-refractivity contribution in [3.63, 3.8) is 0 Å². The summed E-state index contributed by atoms with van der Waals surface area (Å²) in [5.74, 6) is -1.14. The van der Waals surface area contributed by atoms with Crippen molar-refractivity contribution in [3.8, 4) is 0 Å². The van der Waals surface area contributed by atoms with Gasteiger partial charge in [0, 0.05) is 17.8 Å². The Balaban J connectivity index is 1.77. The summed E-state index contributed by atoms with van der Waals surface area (Å²) in [4.78, 5) is 37.8. The number of benzene rings is 1. The minimum atomic E-state index is -0.679. The molecule has 1 aliphatic rings. The van der Waals surface area contributed by atoms with Crippen LogP contribution >= 0.6 is 0 Å². The Morgan fingerprint density at radius 2 is 1.86 bits per heavy atom. The molecule has 0 saturated carbocycles. The van der Waals surface area contributed by atoms with Crippen LogP contribution < -0.4 is 5.32 Å². The first kappa shape index (κ1) is 19.9. The van der Waals surface area contributed by atoms with E-state index in [2.05, 4.69) is 5.32 Å². The number of esters is 1. The van der Waals surface area contributed by atoms with Crippen LogP contribution in [0.1, 0.15) is 54.9 Å². The van der Waals surface area contributed by atoms with E-state index >= 15 is 0 Å². The molecule has 0 aliphatic carbocycles. The van der Waals surface area contributed by atoms with Gasteiger partial charge in [0.15, 0.2) is 0 Å². The SMILES string of the molecule is CCOC(=O)C(NC(=O)C1CCn2c(C(=O)c3ccccc3)ccc21)C(C)C. The lowest BCUT2D eigenvalue weighted by Crippen LogP contribution is -2.46. The van der Waals surface area contributed by atoms with E-state index in [1.807, 2.05) is 42.7 Å². The lowest BCUT2D eigenvalue weighted by Gasteiger charge is -2.22. The van der Waals surface area contributed by atoms with Crippen molar-refractivity contribution in [1.82, 2.24) is 9.88 Å². The van der Waals surface area contributed by atoms with Gasteiger partial charge in [0.05, 0.1) is 18.2 Å². The first-order chi connectivity index (χ1) is 13.4. The van der Waals surface area contributed by atoms with Crippen LogP contribution in [0.25, 0.3) is 0 Å². The Morgan fingerprint density at radius 1 is 1.14 bits per heavy atom. The predicted molar refractivity (Wildman–Crippen MR) is 105 cm³/mol. The highest BCUT2D eigenvalue weighted by Gasteiger charge is 2.35. The second-order valence-corrected chi connectivity index (χ2v) is 7.31. The smallest absolute Gasteiger partial charge is 0.328 e. The van der Waals surface area contributed by atoms with E-state index in [1.165, 1.54) is 0 Å². The molecule has 1 aromatic heterocycles. The Kier molecular flexibility index (Phi) is 5.97. The van der Waals surface area contributed by atoms with Crippen molar-refractivity contribution < 1.29 is 19.1 Å². The lowest BCUT2D eigenvalue weighted by molar-refractivity contribution is -0.148. The number of amides is 1. The summed E-state index contributed by atoms with van der Waals surface area (Å²) >= 11 is 0. The summed E-state index contributed by atoms with van der Waals surface area (Å²) in [5.41, 5.74) is 2.02. The van der Waals surface area contributed by atoms with Crippen LogP contribution in [0.4, 0.5) is 0 Å². The van der Waals surface area contributed by atoms with Gasteiger partial charge in [-0.2, -0.15) is 0 Å². The largest absolute Gasteiger partial charge is 0.464 e. The van der Waals surface area contributed by atoms with E-state index in [1.54, 1.807) is 25.1 Å². The van der Waals surface area contributed by atoms with Crippen molar-refractivity contribution >= 4 is 17.7 Å². The van der Waals surface area contributed by atoms with Gasteiger partial charge in [-0.05, 0) is 31.4 Å². The van der Waals surface area contributed by atoms with Gasteiger partial charge in [-0.3, -0.25) is 9.59 Å². The normalized spacial score (nSPS) is 16.5. The highest BCUT2D eigenvalue weighted by molar-refractivity contribution is 6.08. The van der Waals surface area contributed by atoms with Crippen molar-refractivity contribution in [1.29, 1.82) is 0 Å². The third-order valence-electron chi connectivity index (χ3n) is 5.10. The fourth-order valence-corrected chi connectivity index (χ4v) is 3.63. The molecule has 2 atom stereocenters. The Bertz CT molecular complexity index is 870. The van der Waals surface area contributed by atoms with Gasteiger partial charge in [0.25, 0.3) is 0 Å². The molecule has 0 saturated heterocycles. The minimum Gasteiger partial charge on any atom is -0.464 e. The van der Waals surface area contributed by atoms with Gasteiger partial charge in [-0.15, -0.1) is 0 Å². The third kappa shape index (κ3) is 3.86. The molecular weight excluding hydrogens is 356 g/mol. The molecule has 6 heteroatoms. The molecular formula is C22H26N2O4. The summed E-state index contributed by atoms with van der Waals surface area (Å²) < 4.78 is 6.99. The van der Waals surface area contributed by atoms with Crippen molar-refractivity contribution in [2.45, 2.75) is 45.7 Å². The molecule has 1 aromatic carbocycles. The third-order valence-corrected chi connectivity index (χ3v) is 5.10. The Morgan fingerprint density at radius 3 is 2.50 bits per heavy atom. The van der Waals surface area contributed by atoms with E-state index in [9.17, 15) is 14.4 Å². The van der Waals surface area contributed by atoms with E-state index in [0.29, 0.717) is 24.2 Å². The van der Waals surface area contributed by atoms with Crippen LogP contribution in [-0.2, 0) is 20.9 Å². The molecule has 0 fully saturated rings. The quantitative estimate of drug-likeness (QED) is 0.590. The summed E-state index contributed by atoms with van der Waals surface area (Å²) in [7, 11) is 0. The van der Waals surface area contributed by atoms with Crippen LogP contribution in [0.15, 0.2) is 42.5 Å². The first-order valence-electron chi connectivity index (χ1n) is 9.70. The van der Waals surface area contributed by atoms with E-state index in [4.69, 9.17) is 4.74 Å². The molecule has 1 amide bonds. The zero-order chi connectivity index (χ0) is 20.3. The maximum atomic E-state index is 12.9. The Hall–Kier alpha value is -2.89. The number of aromatic nitrogens is 1. The van der Waals surface area contributed by atoms with Crippen LogP contribution in [0.5, 0.6) is 0 Å². The highest BCUT2D eigenvalue weighted by atomic mass is 16.5. The van der Waals surface area contributed by atoms with Gasteiger partial charge in [-0.1, -0.05) is 44.2 Å². The van der Waals surface area contributed by atoms with Crippen LogP contribution in [-0.4, -0.2) is 34.9 Å². The number of hydrogen-bond acceptors (Lipinski definition) is 4. The fourth-order valence-electron chi connectivity index (χ4n) is 3.63. The average molecular weight is 382 g/mol. The highest BCUT2D eigenvalue weighted by Crippen LogP contribution is 2.31. The number of carbonyl (C=O) groups excluding carboxylic acids is 3. The molecule has 2 unspecified atom stereocenters. The van der Waals surface area contributed by atoms with Crippen molar-refractivity contribution in [2.24, 2.45) is 5.92 Å². The van der Waals surface area contributed by atoms with Gasteiger partial charge < -0.3 is 14.6 Å². The van der Waals surface area contributed by atoms with Crippen LogP contribution in [0, 0.1) is 5.92 Å². The summed E-state index contributed by atoms with van der Waals surface area (Å²) in [6, 6.07) is 12.0. The zero-order valence-electron chi connectivity index (χ0n) is 16.5. The molecule has 28 heavy (non-hydrogen) atoms. The minimum absolute atomic E-state index is 0.0560. The number of rotatable bonds is 7. The standard InChI is InChI=1S/C22H26N2O4/c1-4-28-22(27)19(14(2)3)23-21(26)16-12-13-24-17(16)10-11-18(24)20(25)15-8-6-5-7-9-15/h5-11,14,16,19H,4,12-13H2,1-3H3,(H,23,26). The molecule has 0 spiro atoms. The van der Waals surface area contributed by atoms with Crippen molar-refractivity contribution in [2.75, 3.05) is 6.61 Å². The molecule has 2 heterocycles. The monoisotopic (exact) mass is 382 g/mol. The number of nitrogens with one attached hydrogen (secondary N) is 1. The fraction of sp³-hybridized carbons (Fsp3) is 0.409. The van der Waals surface area contributed by atoms with E-state index in [-0.39, 0.29) is 30.1 Å². The zero-order valence-corrected chi connectivity index (χ0v) is 16.5. The summed E-state index contributed by atoms with van der Waals surface area (Å²) in [6.07, 6.45) is 0.602. The molecule has 3 rings (SSSR count). The molecule has 1 aliphatic heterocycles. The molecule has 0 radical (unpaired) electrons.